The van der Waals surface area contributed by atoms with E-state index in [0.29, 0.717) is 5.56 Å². The van der Waals surface area contributed by atoms with Crippen molar-refractivity contribution in [2.75, 3.05) is 0 Å². The second-order valence-electron chi connectivity index (χ2n) is 4.44. The Balaban J connectivity index is 2.42. The molecule has 0 fully saturated rings. The second-order valence-corrected chi connectivity index (χ2v) is 4.82. The minimum Gasteiger partial charge on any atom is -0.292 e. The molecule has 0 aliphatic heterocycles. The van der Waals surface area contributed by atoms with E-state index in [1.54, 1.807) is 12.1 Å². The number of carbonyl (C=O) groups is 1. The molecule has 0 N–H and O–H groups in total. The van der Waals surface area contributed by atoms with E-state index >= 15 is 0 Å². The van der Waals surface area contributed by atoms with Crippen molar-refractivity contribution in [1.82, 2.24) is 0 Å². The Labute approximate surface area is 121 Å². The number of halogens is 2. The molecule has 0 spiro atoms. The van der Waals surface area contributed by atoms with E-state index < -0.39 is 17.5 Å². The van der Waals surface area contributed by atoms with Crippen molar-refractivity contribution in [3.8, 4) is 6.07 Å². The van der Waals surface area contributed by atoms with E-state index in [1.165, 1.54) is 18.2 Å². The summed E-state index contributed by atoms with van der Waals surface area (Å²) >= 11 is 5.80. The summed E-state index contributed by atoms with van der Waals surface area (Å²) < 4.78 is 13.4. The molecule has 0 aliphatic carbocycles. The van der Waals surface area contributed by atoms with Crippen LogP contribution < -0.4 is 0 Å². The summed E-state index contributed by atoms with van der Waals surface area (Å²) in [7, 11) is 0. The van der Waals surface area contributed by atoms with E-state index in [-0.39, 0.29) is 10.6 Å². The fourth-order valence-corrected chi connectivity index (χ4v) is 2.11. The number of Topliss-reactive ketones (excluding diaryl/α,β-unsaturated/α-hetero) is 1. The number of nitriles is 1. The van der Waals surface area contributed by atoms with Gasteiger partial charge in [0.1, 0.15) is 11.7 Å². The fraction of sp³-hybridized carbons (Fsp3) is 0.125. The van der Waals surface area contributed by atoms with Crippen LogP contribution in [0.5, 0.6) is 0 Å². The van der Waals surface area contributed by atoms with Gasteiger partial charge in [-0.1, -0.05) is 47.5 Å². The first kappa shape index (κ1) is 14.2. The molecule has 1 atom stereocenters. The van der Waals surface area contributed by atoms with Crippen LogP contribution >= 0.6 is 11.6 Å². The largest absolute Gasteiger partial charge is 0.292 e. The SMILES string of the molecule is Cc1ccc(C(C#N)C(=O)c2cccc(F)c2Cl)cc1. The van der Waals surface area contributed by atoms with E-state index in [0.717, 1.165) is 5.56 Å². The highest BCUT2D eigenvalue weighted by atomic mass is 35.5. The van der Waals surface area contributed by atoms with Gasteiger partial charge in [-0.05, 0) is 24.6 Å². The Bertz CT molecular complexity index is 689. The van der Waals surface area contributed by atoms with Gasteiger partial charge < -0.3 is 0 Å². The summed E-state index contributed by atoms with van der Waals surface area (Å²) in [6.07, 6.45) is 0. The standard InChI is InChI=1S/C16H11ClFNO/c1-10-5-7-11(8-6-10)13(9-19)16(20)12-3-2-4-14(18)15(12)17/h2-8,13H,1H3. The zero-order valence-corrected chi connectivity index (χ0v) is 11.5. The maximum absolute atomic E-state index is 13.4. The number of aryl methyl sites for hydroxylation is 1. The summed E-state index contributed by atoms with van der Waals surface area (Å²) in [5.41, 5.74) is 1.63. The molecule has 0 amide bonds. The molecule has 1 unspecified atom stereocenters. The molecule has 0 saturated heterocycles. The van der Waals surface area contributed by atoms with Crippen LogP contribution in [0.1, 0.15) is 27.4 Å². The number of benzene rings is 2. The molecule has 0 saturated carbocycles. The highest BCUT2D eigenvalue weighted by molar-refractivity contribution is 6.34. The molecule has 0 aromatic heterocycles. The Morgan fingerprint density at radius 1 is 1.25 bits per heavy atom. The van der Waals surface area contributed by atoms with Crippen molar-refractivity contribution in [1.29, 1.82) is 5.26 Å². The number of hydrogen-bond acceptors (Lipinski definition) is 2. The van der Waals surface area contributed by atoms with Crippen LogP contribution in [0.25, 0.3) is 0 Å². The maximum Gasteiger partial charge on any atom is 0.186 e. The van der Waals surface area contributed by atoms with Gasteiger partial charge in [-0.2, -0.15) is 5.26 Å². The van der Waals surface area contributed by atoms with Crippen molar-refractivity contribution in [3.05, 3.63) is 70.0 Å². The van der Waals surface area contributed by atoms with Crippen molar-refractivity contribution in [3.63, 3.8) is 0 Å². The summed E-state index contributed by atoms with van der Waals surface area (Å²) in [6, 6.07) is 13.0. The summed E-state index contributed by atoms with van der Waals surface area (Å²) in [4.78, 5) is 12.4. The molecule has 20 heavy (non-hydrogen) atoms. The molecule has 2 rings (SSSR count). The van der Waals surface area contributed by atoms with Gasteiger partial charge in [0.05, 0.1) is 11.1 Å². The van der Waals surface area contributed by atoms with Crippen LogP contribution in [0, 0.1) is 24.1 Å². The predicted octanol–water partition coefficient (Wildman–Crippen LogP) is 4.28. The van der Waals surface area contributed by atoms with Gasteiger partial charge in [0.2, 0.25) is 0 Å². The first-order valence-corrected chi connectivity index (χ1v) is 6.37. The molecule has 0 bridgehead atoms. The van der Waals surface area contributed by atoms with Crippen molar-refractivity contribution >= 4 is 17.4 Å². The maximum atomic E-state index is 13.4. The first-order valence-electron chi connectivity index (χ1n) is 5.99. The number of carbonyl (C=O) groups excluding carboxylic acids is 1. The quantitative estimate of drug-likeness (QED) is 0.791. The third-order valence-electron chi connectivity index (χ3n) is 3.02. The summed E-state index contributed by atoms with van der Waals surface area (Å²) in [5, 5.41) is 8.99. The third kappa shape index (κ3) is 2.71. The molecule has 0 heterocycles. The fourth-order valence-electron chi connectivity index (χ4n) is 1.89. The van der Waals surface area contributed by atoms with Crippen LogP contribution in [-0.4, -0.2) is 5.78 Å². The van der Waals surface area contributed by atoms with Gasteiger partial charge in [0.25, 0.3) is 0 Å². The monoisotopic (exact) mass is 287 g/mol. The Morgan fingerprint density at radius 3 is 2.50 bits per heavy atom. The highest BCUT2D eigenvalue weighted by Gasteiger charge is 2.24. The molecule has 2 aromatic rings. The lowest BCUT2D eigenvalue weighted by atomic mass is 9.91. The minimum absolute atomic E-state index is 0.0267. The van der Waals surface area contributed by atoms with Crippen LogP contribution in [0.15, 0.2) is 42.5 Å². The number of rotatable bonds is 3. The lowest BCUT2D eigenvalue weighted by Gasteiger charge is -2.10. The topological polar surface area (TPSA) is 40.9 Å². The third-order valence-corrected chi connectivity index (χ3v) is 3.40. The number of nitrogens with zero attached hydrogens (tertiary/aromatic N) is 1. The summed E-state index contributed by atoms with van der Waals surface area (Å²) in [6.45, 7) is 1.91. The highest BCUT2D eigenvalue weighted by Crippen LogP contribution is 2.26. The Morgan fingerprint density at radius 2 is 1.90 bits per heavy atom. The van der Waals surface area contributed by atoms with Crippen LogP contribution in [0.4, 0.5) is 4.39 Å². The van der Waals surface area contributed by atoms with Gasteiger partial charge in [-0.15, -0.1) is 0 Å². The Hall–Kier alpha value is -2.18. The van der Waals surface area contributed by atoms with Crippen LogP contribution in [-0.2, 0) is 0 Å². The molecule has 4 heteroatoms. The molecule has 100 valence electrons. The van der Waals surface area contributed by atoms with E-state index in [2.05, 4.69) is 0 Å². The molecule has 2 aromatic carbocycles. The van der Waals surface area contributed by atoms with Crippen molar-refractivity contribution < 1.29 is 9.18 Å². The summed E-state index contributed by atoms with van der Waals surface area (Å²) in [5.74, 6) is -2.16. The zero-order valence-electron chi connectivity index (χ0n) is 10.7. The normalized spacial score (nSPS) is 11.7. The van der Waals surface area contributed by atoms with E-state index in [9.17, 15) is 14.4 Å². The van der Waals surface area contributed by atoms with Gasteiger partial charge in [0, 0.05) is 5.56 Å². The number of ketones is 1. The van der Waals surface area contributed by atoms with Gasteiger partial charge >= 0.3 is 0 Å². The predicted molar refractivity (Wildman–Crippen MR) is 75.3 cm³/mol. The average Bonchev–Trinajstić information content (AvgIpc) is 2.44. The number of hydrogen-bond donors (Lipinski definition) is 0. The first-order chi connectivity index (χ1) is 9.54. The molecule has 0 aliphatic rings. The molecular weight excluding hydrogens is 277 g/mol. The van der Waals surface area contributed by atoms with Crippen molar-refractivity contribution in [2.45, 2.75) is 12.8 Å². The minimum atomic E-state index is -0.991. The van der Waals surface area contributed by atoms with Crippen LogP contribution in [0.3, 0.4) is 0 Å². The lowest BCUT2D eigenvalue weighted by molar-refractivity contribution is 0.0978. The smallest absolute Gasteiger partial charge is 0.186 e. The van der Waals surface area contributed by atoms with Gasteiger partial charge in [-0.3, -0.25) is 4.79 Å². The molecule has 0 radical (unpaired) electrons. The average molecular weight is 288 g/mol. The van der Waals surface area contributed by atoms with Crippen molar-refractivity contribution in [2.24, 2.45) is 0 Å². The Kier molecular flexibility index (Phi) is 4.16. The molecule has 2 nitrogen and oxygen atoms in total. The van der Waals surface area contributed by atoms with Gasteiger partial charge in [0.15, 0.2) is 5.78 Å². The zero-order chi connectivity index (χ0) is 14.7. The van der Waals surface area contributed by atoms with Crippen LogP contribution in [0.2, 0.25) is 5.02 Å². The lowest BCUT2D eigenvalue weighted by Crippen LogP contribution is -2.12. The van der Waals surface area contributed by atoms with E-state index in [1.807, 2.05) is 25.1 Å². The molecular formula is C16H11ClFNO. The van der Waals surface area contributed by atoms with E-state index in [4.69, 9.17) is 11.6 Å². The second kappa shape index (κ2) is 5.85. The van der Waals surface area contributed by atoms with Gasteiger partial charge in [-0.25, -0.2) is 4.39 Å².